The fraction of sp³-hybridized carbons (Fsp3) is 0.360. The van der Waals surface area contributed by atoms with E-state index in [2.05, 4.69) is 73.5 Å². The molecule has 0 radical (unpaired) electrons. The van der Waals surface area contributed by atoms with Crippen LogP contribution in [0.5, 0.6) is 11.5 Å². The summed E-state index contributed by atoms with van der Waals surface area (Å²) in [5.74, 6) is 1.69. The van der Waals surface area contributed by atoms with Crippen molar-refractivity contribution < 1.29 is 14.6 Å². The molecular weight excluding hydrogens is 799 g/mol. The first-order valence-corrected chi connectivity index (χ1v) is 22.2. The summed E-state index contributed by atoms with van der Waals surface area (Å²) in [5.41, 5.74) is 7.84. The standard InChI is InChI=1S/C26H31FN4O.C24H27ClN4O/c1-18-16-31(19(2)15-29-18)17-21-9-10-24(27)23(14-21)25-11-12-28-26(30-25)8-4-6-20-5-3-7-22(32)13-20;25-21-16-18(7-8-23(21)30)3-2-6-24-27-10-9-22(28-24)20-5-1-4-19(15-20)17-29-13-11-26-12-14-29/h3,5,7,9-14,18-19,29,32H,4,6,8,15-17H2,1-2H3;1,4-5,7-10,15-16,26,30H,2-3,6,11-14,17H2/t18-,19-;/m0./s1. The fourth-order valence-corrected chi connectivity index (χ4v) is 8.25. The SMILES string of the molecule is C[C@H]1CN(Cc2ccc(F)c(-c3ccnc(CCCc4cccc(O)c4)n3)c2)[C@@H](C)CN1.Oc1ccc(CCCc2nccc(-c3cccc(CN4CCNCC4)c3)n2)cc1Cl. The summed E-state index contributed by atoms with van der Waals surface area (Å²) in [6, 6.07) is 31.3. The lowest BCUT2D eigenvalue weighted by atomic mass is 10.0. The number of nitrogens with zero attached hydrogens (tertiary/aromatic N) is 6. The Morgan fingerprint density at radius 3 is 2.11 bits per heavy atom. The molecule has 2 aromatic heterocycles. The lowest BCUT2D eigenvalue weighted by Crippen LogP contribution is -2.53. The highest BCUT2D eigenvalue weighted by atomic mass is 35.5. The molecule has 2 saturated heterocycles. The second-order valence-corrected chi connectivity index (χ2v) is 16.9. The van der Waals surface area contributed by atoms with Crippen LogP contribution in [0.3, 0.4) is 0 Å². The molecule has 6 aromatic rings. The van der Waals surface area contributed by atoms with E-state index in [1.807, 2.05) is 48.7 Å². The highest BCUT2D eigenvalue weighted by molar-refractivity contribution is 6.32. The molecule has 4 N–H and O–H groups in total. The molecule has 12 heteroatoms. The molecule has 0 aliphatic carbocycles. The molecule has 0 bridgehead atoms. The van der Waals surface area contributed by atoms with Gasteiger partial charge in [0.1, 0.15) is 29.0 Å². The Hall–Kier alpha value is -5.30. The minimum Gasteiger partial charge on any atom is -0.508 e. The van der Waals surface area contributed by atoms with Crippen LogP contribution in [0.25, 0.3) is 22.5 Å². The largest absolute Gasteiger partial charge is 0.508 e. The van der Waals surface area contributed by atoms with Crippen LogP contribution >= 0.6 is 11.6 Å². The molecule has 4 heterocycles. The van der Waals surface area contributed by atoms with Gasteiger partial charge < -0.3 is 20.8 Å². The number of hydrogen-bond donors (Lipinski definition) is 4. The average Bonchev–Trinajstić information content (AvgIpc) is 3.28. The Labute approximate surface area is 370 Å². The molecule has 2 aliphatic heterocycles. The third kappa shape index (κ3) is 13.1. The van der Waals surface area contributed by atoms with Gasteiger partial charge in [-0.2, -0.15) is 0 Å². The van der Waals surface area contributed by atoms with Crippen LogP contribution in [-0.4, -0.2) is 91.3 Å². The van der Waals surface area contributed by atoms with Crippen LogP contribution < -0.4 is 10.6 Å². The number of halogens is 2. The molecule has 2 fully saturated rings. The summed E-state index contributed by atoms with van der Waals surface area (Å²) in [4.78, 5) is 23.2. The highest BCUT2D eigenvalue weighted by Crippen LogP contribution is 2.26. The van der Waals surface area contributed by atoms with Gasteiger partial charge in [-0.1, -0.05) is 54.1 Å². The molecule has 10 nitrogen and oxygen atoms in total. The topological polar surface area (TPSA) is 123 Å². The maximum Gasteiger partial charge on any atom is 0.134 e. The Bertz CT molecular complexity index is 2380. The maximum absolute atomic E-state index is 14.7. The zero-order valence-electron chi connectivity index (χ0n) is 35.8. The maximum atomic E-state index is 14.7. The van der Waals surface area contributed by atoms with Crippen molar-refractivity contribution in [3.63, 3.8) is 0 Å². The summed E-state index contributed by atoms with van der Waals surface area (Å²) in [6.45, 7) is 12.4. The number of aromatic nitrogens is 4. The normalized spacial score (nSPS) is 17.0. The third-order valence-corrected chi connectivity index (χ3v) is 11.8. The van der Waals surface area contributed by atoms with Gasteiger partial charge in [0, 0.05) is 101 Å². The van der Waals surface area contributed by atoms with E-state index in [1.165, 1.54) is 5.56 Å². The molecule has 2 aliphatic rings. The number of hydrogen-bond acceptors (Lipinski definition) is 10. The van der Waals surface area contributed by atoms with Crippen molar-refractivity contribution in [2.45, 2.75) is 77.5 Å². The van der Waals surface area contributed by atoms with Crippen molar-refractivity contribution in [2.24, 2.45) is 0 Å². The van der Waals surface area contributed by atoms with E-state index in [9.17, 15) is 14.6 Å². The number of piperazine rings is 2. The average molecular weight is 858 g/mol. The Morgan fingerprint density at radius 1 is 0.710 bits per heavy atom. The zero-order valence-corrected chi connectivity index (χ0v) is 36.5. The zero-order chi connectivity index (χ0) is 43.3. The van der Waals surface area contributed by atoms with Crippen LogP contribution in [0.1, 0.15) is 60.6 Å². The van der Waals surface area contributed by atoms with Crippen LogP contribution in [0.2, 0.25) is 5.02 Å². The molecule has 4 aromatic carbocycles. The van der Waals surface area contributed by atoms with Crippen molar-refractivity contribution in [1.82, 2.24) is 40.4 Å². The lowest BCUT2D eigenvalue weighted by Gasteiger charge is -2.37. The Morgan fingerprint density at radius 2 is 1.37 bits per heavy atom. The summed E-state index contributed by atoms with van der Waals surface area (Å²) in [5, 5.41) is 26.4. The number of aromatic hydroxyl groups is 2. The van der Waals surface area contributed by atoms with Gasteiger partial charge in [0.15, 0.2) is 0 Å². The predicted molar refractivity (Wildman–Crippen MR) is 246 cm³/mol. The van der Waals surface area contributed by atoms with E-state index in [0.717, 1.165) is 118 Å². The van der Waals surface area contributed by atoms with Gasteiger partial charge in [0.25, 0.3) is 0 Å². The smallest absolute Gasteiger partial charge is 0.134 e. The van der Waals surface area contributed by atoms with Crippen molar-refractivity contribution in [3.05, 3.63) is 154 Å². The summed E-state index contributed by atoms with van der Waals surface area (Å²) in [7, 11) is 0. The van der Waals surface area contributed by atoms with Crippen LogP contribution in [0.15, 0.2) is 109 Å². The van der Waals surface area contributed by atoms with E-state index in [4.69, 9.17) is 16.6 Å². The molecule has 0 amide bonds. The van der Waals surface area contributed by atoms with Crippen molar-refractivity contribution in [3.8, 4) is 34.0 Å². The van der Waals surface area contributed by atoms with E-state index < -0.39 is 0 Å². The lowest BCUT2D eigenvalue weighted by molar-refractivity contribution is 0.139. The third-order valence-electron chi connectivity index (χ3n) is 11.5. The first-order chi connectivity index (χ1) is 30.1. The van der Waals surface area contributed by atoms with E-state index in [1.54, 1.807) is 36.5 Å². The summed E-state index contributed by atoms with van der Waals surface area (Å²) >= 11 is 5.99. The number of phenols is 2. The number of nitrogens with one attached hydrogen (secondary N) is 2. The van der Waals surface area contributed by atoms with Gasteiger partial charge in [-0.3, -0.25) is 9.80 Å². The van der Waals surface area contributed by atoms with Crippen LogP contribution in [0.4, 0.5) is 4.39 Å². The van der Waals surface area contributed by atoms with Crippen molar-refractivity contribution in [2.75, 3.05) is 39.3 Å². The summed E-state index contributed by atoms with van der Waals surface area (Å²) < 4.78 is 14.7. The van der Waals surface area contributed by atoms with Gasteiger partial charge in [-0.25, -0.2) is 24.3 Å². The van der Waals surface area contributed by atoms with Gasteiger partial charge in [-0.15, -0.1) is 0 Å². The number of aryl methyl sites for hydroxylation is 4. The Kier molecular flexibility index (Phi) is 16.0. The monoisotopic (exact) mass is 856 g/mol. The van der Waals surface area contributed by atoms with Gasteiger partial charge in [-0.05, 0) is 116 Å². The second-order valence-electron chi connectivity index (χ2n) is 16.5. The molecule has 0 unspecified atom stereocenters. The minimum atomic E-state index is -0.264. The molecule has 62 heavy (non-hydrogen) atoms. The second kappa shape index (κ2) is 22.2. The van der Waals surface area contributed by atoms with Crippen molar-refractivity contribution in [1.29, 1.82) is 0 Å². The highest BCUT2D eigenvalue weighted by Gasteiger charge is 2.23. The molecular formula is C50H58ClFN8O2. The molecule has 0 saturated carbocycles. The minimum absolute atomic E-state index is 0.121. The fourth-order valence-electron chi connectivity index (χ4n) is 8.04. The first kappa shape index (κ1) is 44.7. The number of phenolic OH excluding ortho intramolecular Hbond substituents is 2. The first-order valence-electron chi connectivity index (χ1n) is 21.8. The van der Waals surface area contributed by atoms with E-state index in [0.29, 0.717) is 40.6 Å². The van der Waals surface area contributed by atoms with Gasteiger partial charge >= 0.3 is 0 Å². The van der Waals surface area contributed by atoms with Crippen molar-refractivity contribution >= 4 is 11.6 Å². The molecule has 8 rings (SSSR count). The predicted octanol–water partition coefficient (Wildman–Crippen LogP) is 8.43. The summed E-state index contributed by atoms with van der Waals surface area (Å²) in [6.07, 6.45) is 8.52. The van der Waals surface area contributed by atoms with Gasteiger partial charge in [0.05, 0.1) is 16.4 Å². The van der Waals surface area contributed by atoms with Gasteiger partial charge in [0.2, 0.25) is 0 Å². The number of benzene rings is 4. The number of rotatable bonds is 14. The van der Waals surface area contributed by atoms with Crippen LogP contribution in [-0.2, 0) is 38.8 Å². The molecule has 0 spiro atoms. The molecule has 324 valence electrons. The van der Waals surface area contributed by atoms with E-state index in [-0.39, 0.29) is 17.3 Å². The van der Waals surface area contributed by atoms with E-state index >= 15 is 0 Å². The van der Waals surface area contributed by atoms with Crippen LogP contribution in [0, 0.1) is 5.82 Å². The molecule has 2 atom stereocenters. The Balaban J connectivity index is 0.000000187. The quantitative estimate of drug-likeness (QED) is 0.0850.